The van der Waals surface area contributed by atoms with E-state index in [9.17, 15) is 4.79 Å². The highest BCUT2D eigenvalue weighted by Crippen LogP contribution is 2.31. The van der Waals surface area contributed by atoms with Crippen molar-refractivity contribution in [2.45, 2.75) is 31.8 Å². The predicted octanol–water partition coefficient (Wildman–Crippen LogP) is 4.13. The Bertz CT molecular complexity index is 874. The van der Waals surface area contributed by atoms with Gasteiger partial charge in [-0.1, -0.05) is 43.8 Å². The Morgan fingerprint density at radius 3 is 2.64 bits per heavy atom. The summed E-state index contributed by atoms with van der Waals surface area (Å²) >= 11 is 1.41. The molecule has 25 heavy (non-hydrogen) atoms. The normalized spacial score (nSPS) is 11.0. The van der Waals surface area contributed by atoms with Crippen LogP contribution in [0.1, 0.15) is 32.3 Å². The molecule has 0 aliphatic rings. The van der Waals surface area contributed by atoms with Crippen LogP contribution in [0.5, 0.6) is 0 Å². The summed E-state index contributed by atoms with van der Waals surface area (Å²) in [6, 6.07) is 12.1. The van der Waals surface area contributed by atoms with Crippen molar-refractivity contribution in [2.24, 2.45) is 0 Å². The maximum atomic E-state index is 11.4. The van der Waals surface area contributed by atoms with Crippen molar-refractivity contribution in [3.8, 4) is 17.1 Å². The van der Waals surface area contributed by atoms with Crippen molar-refractivity contribution in [1.29, 1.82) is 0 Å². The SMILES string of the molecule is CC(=O)CSc1nnc(-c2cccnc2)n1-c1ccccc1C(C)C. The second-order valence-electron chi connectivity index (χ2n) is 6.09. The van der Waals surface area contributed by atoms with Gasteiger partial charge in [-0.25, -0.2) is 0 Å². The van der Waals surface area contributed by atoms with Crippen molar-refractivity contribution in [3.63, 3.8) is 0 Å². The van der Waals surface area contributed by atoms with Crippen molar-refractivity contribution in [3.05, 3.63) is 54.4 Å². The third kappa shape index (κ3) is 3.79. The molecule has 0 saturated carbocycles. The molecule has 0 atom stereocenters. The third-order valence-electron chi connectivity index (χ3n) is 3.76. The number of benzene rings is 1. The van der Waals surface area contributed by atoms with Crippen LogP contribution >= 0.6 is 11.8 Å². The third-order valence-corrected chi connectivity index (χ3v) is 4.83. The van der Waals surface area contributed by atoms with Gasteiger partial charge in [-0.3, -0.25) is 14.3 Å². The van der Waals surface area contributed by atoms with E-state index in [1.165, 1.54) is 17.3 Å². The predicted molar refractivity (Wildman–Crippen MR) is 100 cm³/mol. The zero-order valence-electron chi connectivity index (χ0n) is 14.5. The van der Waals surface area contributed by atoms with Gasteiger partial charge in [-0.2, -0.15) is 0 Å². The van der Waals surface area contributed by atoms with Crippen LogP contribution in [0, 0.1) is 0 Å². The minimum atomic E-state index is 0.111. The molecule has 3 aromatic rings. The standard InChI is InChI=1S/C19H20N4OS/c1-13(2)16-8-4-5-9-17(16)23-18(15-7-6-10-20-11-15)21-22-19(23)25-12-14(3)24/h4-11,13H,12H2,1-3H3. The van der Waals surface area contributed by atoms with E-state index in [0.717, 1.165) is 17.1 Å². The smallest absolute Gasteiger partial charge is 0.196 e. The van der Waals surface area contributed by atoms with E-state index in [1.807, 2.05) is 28.8 Å². The van der Waals surface area contributed by atoms with Crippen LogP contribution in [0.2, 0.25) is 0 Å². The number of carbonyl (C=O) groups excluding carboxylic acids is 1. The molecular weight excluding hydrogens is 332 g/mol. The van der Waals surface area contributed by atoms with E-state index >= 15 is 0 Å². The molecule has 0 bridgehead atoms. The zero-order valence-corrected chi connectivity index (χ0v) is 15.3. The Balaban J connectivity index is 2.18. The lowest BCUT2D eigenvalue weighted by molar-refractivity contribution is -0.114. The molecule has 5 nitrogen and oxygen atoms in total. The van der Waals surface area contributed by atoms with Crippen LogP contribution in [0.15, 0.2) is 53.9 Å². The number of para-hydroxylation sites is 1. The Labute approximate surface area is 151 Å². The van der Waals surface area contributed by atoms with E-state index in [4.69, 9.17) is 0 Å². The molecule has 0 aliphatic carbocycles. The van der Waals surface area contributed by atoms with Crippen LogP contribution < -0.4 is 0 Å². The number of thioether (sulfide) groups is 1. The lowest BCUT2D eigenvalue weighted by atomic mass is 10.0. The Hall–Kier alpha value is -2.47. The summed E-state index contributed by atoms with van der Waals surface area (Å²) in [5.74, 6) is 1.56. The number of hydrogen-bond donors (Lipinski definition) is 0. The molecule has 0 fully saturated rings. The van der Waals surface area contributed by atoms with Gasteiger partial charge < -0.3 is 0 Å². The molecule has 128 valence electrons. The van der Waals surface area contributed by atoms with Gasteiger partial charge in [0.25, 0.3) is 0 Å². The highest BCUT2D eigenvalue weighted by molar-refractivity contribution is 7.99. The number of nitrogens with zero attached hydrogens (tertiary/aromatic N) is 4. The molecule has 2 aromatic heterocycles. The lowest BCUT2D eigenvalue weighted by Gasteiger charge is -2.16. The maximum Gasteiger partial charge on any atom is 0.196 e. The Kier molecular flexibility index (Phi) is 5.28. The zero-order chi connectivity index (χ0) is 17.8. The van der Waals surface area contributed by atoms with E-state index in [-0.39, 0.29) is 5.78 Å². The average Bonchev–Trinajstić information content (AvgIpc) is 3.04. The average molecular weight is 352 g/mol. The van der Waals surface area contributed by atoms with Gasteiger partial charge in [0.05, 0.1) is 11.4 Å². The van der Waals surface area contributed by atoms with Crippen molar-refractivity contribution in [1.82, 2.24) is 19.7 Å². The fourth-order valence-electron chi connectivity index (χ4n) is 2.61. The number of ketones is 1. The first kappa shape index (κ1) is 17.4. The van der Waals surface area contributed by atoms with Crippen LogP contribution in [0.3, 0.4) is 0 Å². The topological polar surface area (TPSA) is 60.7 Å². The molecule has 0 spiro atoms. The molecular formula is C19H20N4OS. The van der Waals surface area contributed by atoms with E-state index < -0.39 is 0 Å². The van der Waals surface area contributed by atoms with Crippen molar-refractivity contribution >= 4 is 17.5 Å². The second kappa shape index (κ2) is 7.61. The number of rotatable bonds is 6. The summed E-state index contributed by atoms with van der Waals surface area (Å²) in [6.07, 6.45) is 3.51. The first-order valence-electron chi connectivity index (χ1n) is 8.15. The van der Waals surface area contributed by atoms with Gasteiger partial charge in [0.2, 0.25) is 0 Å². The monoisotopic (exact) mass is 352 g/mol. The van der Waals surface area contributed by atoms with E-state index in [1.54, 1.807) is 19.3 Å². The Morgan fingerprint density at radius 2 is 1.96 bits per heavy atom. The van der Waals surface area contributed by atoms with Gasteiger partial charge in [-0.15, -0.1) is 10.2 Å². The molecule has 2 heterocycles. The van der Waals surface area contributed by atoms with Crippen LogP contribution in [-0.2, 0) is 4.79 Å². The summed E-state index contributed by atoms with van der Waals surface area (Å²) in [4.78, 5) is 15.6. The fourth-order valence-corrected chi connectivity index (χ4v) is 3.35. The molecule has 0 aliphatic heterocycles. The number of aromatic nitrogens is 4. The first-order valence-corrected chi connectivity index (χ1v) is 9.14. The van der Waals surface area contributed by atoms with Gasteiger partial charge >= 0.3 is 0 Å². The quantitative estimate of drug-likeness (QED) is 0.624. The van der Waals surface area contributed by atoms with Crippen molar-refractivity contribution < 1.29 is 4.79 Å². The van der Waals surface area contributed by atoms with Crippen LogP contribution in [-0.4, -0.2) is 31.3 Å². The number of Topliss-reactive ketones (excluding diaryl/α,β-unsaturated/α-hetero) is 1. The molecule has 6 heteroatoms. The van der Waals surface area contributed by atoms with Gasteiger partial charge in [0.1, 0.15) is 5.78 Å². The molecule has 0 amide bonds. The Morgan fingerprint density at radius 1 is 1.16 bits per heavy atom. The molecule has 3 rings (SSSR count). The highest BCUT2D eigenvalue weighted by atomic mass is 32.2. The van der Waals surface area contributed by atoms with Crippen LogP contribution in [0.25, 0.3) is 17.1 Å². The summed E-state index contributed by atoms with van der Waals surface area (Å²) in [7, 11) is 0. The number of hydrogen-bond acceptors (Lipinski definition) is 5. The summed E-state index contributed by atoms with van der Waals surface area (Å²) in [6.45, 7) is 5.91. The largest absolute Gasteiger partial charge is 0.299 e. The number of carbonyl (C=O) groups is 1. The maximum absolute atomic E-state index is 11.4. The van der Waals surface area contributed by atoms with Gasteiger partial charge in [-0.05, 0) is 36.6 Å². The van der Waals surface area contributed by atoms with E-state index in [0.29, 0.717) is 16.8 Å². The number of pyridine rings is 1. The fraction of sp³-hybridized carbons (Fsp3) is 0.263. The molecule has 0 radical (unpaired) electrons. The van der Waals surface area contributed by atoms with Crippen molar-refractivity contribution in [2.75, 3.05) is 5.75 Å². The molecule has 0 N–H and O–H groups in total. The minimum absolute atomic E-state index is 0.111. The molecule has 0 saturated heterocycles. The summed E-state index contributed by atoms with van der Waals surface area (Å²) in [5.41, 5.74) is 3.13. The van der Waals surface area contributed by atoms with Crippen LogP contribution in [0.4, 0.5) is 0 Å². The summed E-state index contributed by atoms with van der Waals surface area (Å²) < 4.78 is 2.03. The molecule has 0 unspecified atom stereocenters. The lowest BCUT2D eigenvalue weighted by Crippen LogP contribution is -2.06. The summed E-state index contributed by atoms with van der Waals surface area (Å²) in [5, 5.41) is 9.43. The van der Waals surface area contributed by atoms with E-state index in [2.05, 4.69) is 41.2 Å². The molecule has 1 aromatic carbocycles. The first-order chi connectivity index (χ1) is 12.1. The van der Waals surface area contributed by atoms with Gasteiger partial charge in [0.15, 0.2) is 11.0 Å². The highest BCUT2D eigenvalue weighted by Gasteiger charge is 2.19. The minimum Gasteiger partial charge on any atom is -0.299 e. The van der Waals surface area contributed by atoms with Gasteiger partial charge in [0, 0.05) is 18.0 Å². The second-order valence-corrected chi connectivity index (χ2v) is 7.03.